The van der Waals surface area contributed by atoms with Gasteiger partial charge in [-0.2, -0.15) is 0 Å². The molecule has 31 heavy (non-hydrogen) atoms. The van der Waals surface area contributed by atoms with E-state index in [0.29, 0.717) is 29.5 Å². The van der Waals surface area contributed by atoms with Crippen molar-refractivity contribution >= 4 is 11.6 Å². The molecule has 2 fully saturated rings. The van der Waals surface area contributed by atoms with E-state index in [0.717, 1.165) is 43.5 Å². The van der Waals surface area contributed by atoms with Crippen LogP contribution in [0.15, 0.2) is 43.0 Å². The number of rotatable bonds is 7. The van der Waals surface area contributed by atoms with Gasteiger partial charge in [0.2, 0.25) is 0 Å². The Kier molecular flexibility index (Phi) is 6.34. The second-order valence-electron chi connectivity index (χ2n) is 8.92. The molecule has 2 heterocycles. The molecule has 4 nitrogen and oxygen atoms in total. The highest BCUT2D eigenvalue weighted by Gasteiger charge is 2.48. The molecule has 0 spiro atoms. The Hall–Kier alpha value is -2.01. The molecule has 2 aliphatic rings. The second-order valence-corrected chi connectivity index (χ2v) is 9.33. The highest BCUT2D eigenvalue weighted by molar-refractivity contribution is 6.32. The fourth-order valence-electron chi connectivity index (χ4n) is 5.28. The molecule has 4 rings (SSSR count). The third kappa shape index (κ3) is 4.21. The first-order chi connectivity index (χ1) is 14.9. The van der Waals surface area contributed by atoms with Crippen molar-refractivity contribution in [3.8, 4) is 11.5 Å². The molecule has 2 unspecified atom stereocenters. The van der Waals surface area contributed by atoms with Gasteiger partial charge in [0, 0.05) is 18.6 Å². The fourth-order valence-corrected chi connectivity index (χ4v) is 5.48. The highest BCUT2D eigenvalue weighted by Crippen LogP contribution is 2.47. The Bertz CT molecular complexity index is 959. The molecule has 2 aromatic carbocycles. The van der Waals surface area contributed by atoms with Crippen LogP contribution in [-0.4, -0.2) is 35.8 Å². The summed E-state index contributed by atoms with van der Waals surface area (Å²) in [7, 11) is 1.61. The van der Waals surface area contributed by atoms with Gasteiger partial charge in [0.05, 0.1) is 17.7 Å². The number of benzene rings is 2. The smallest absolute Gasteiger partial charge is 0.137 e. The first kappa shape index (κ1) is 22.2. The van der Waals surface area contributed by atoms with Crippen LogP contribution in [-0.2, 0) is 12.1 Å². The number of methoxy groups -OCH3 is 1. The number of ether oxygens (including phenoxy) is 2. The zero-order valence-corrected chi connectivity index (χ0v) is 19.4. The maximum atomic E-state index is 11.6. The molecule has 0 aromatic heterocycles. The Morgan fingerprint density at radius 2 is 1.84 bits per heavy atom. The van der Waals surface area contributed by atoms with Crippen molar-refractivity contribution in [1.82, 2.24) is 4.90 Å². The van der Waals surface area contributed by atoms with Gasteiger partial charge in [-0.25, -0.2) is 0 Å². The molecule has 2 bridgehead atoms. The summed E-state index contributed by atoms with van der Waals surface area (Å²) < 4.78 is 11.2. The predicted molar refractivity (Wildman–Crippen MR) is 125 cm³/mol. The lowest BCUT2D eigenvalue weighted by molar-refractivity contribution is -0.0596. The van der Waals surface area contributed by atoms with Crippen molar-refractivity contribution in [3.05, 3.63) is 70.3 Å². The molecule has 2 atom stereocenters. The van der Waals surface area contributed by atoms with Gasteiger partial charge in [-0.05, 0) is 80.0 Å². The van der Waals surface area contributed by atoms with Crippen molar-refractivity contribution in [1.29, 1.82) is 0 Å². The first-order valence-corrected chi connectivity index (χ1v) is 11.4. The summed E-state index contributed by atoms with van der Waals surface area (Å²) >= 11 is 6.20. The third-order valence-corrected chi connectivity index (χ3v) is 7.48. The molecule has 2 aromatic rings. The van der Waals surface area contributed by atoms with Gasteiger partial charge >= 0.3 is 0 Å². The fraction of sp³-hybridized carbons (Fsp3) is 0.462. The summed E-state index contributed by atoms with van der Waals surface area (Å²) in [5.41, 5.74) is 3.87. The summed E-state index contributed by atoms with van der Waals surface area (Å²) in [6.45, 7) is 9.45. The third-order valence-electron chi connectivity index (χ3n) is 7.17. The van der Waals surface area contributed by atoms with E-state index in [1.165, 1.54) is 16.7 Å². The minimum Gasteiger partial charge on any atom is -0.495 e. The van der Waals surface area contributed by atoms with Gasteiger partial charge in [0.1, 0.15) is 18.1 Å². The molecule has 5 heteroatoms. The molecule has 0 aliphatic carbocycles. The Balaban J connectivity index is 1.53. The summed E-state index contributed by atoms with van der Waals surface area (Å²) in [4.78, 5) is 2.59. The predicted octanol–water partition coefficient (Wildman–Crippen LogP) is 5.54. The van der Waals surface area contributed by atoms with Crippen LogP contribution >= 0.6 is 11.6 Å². The van der Waals surface area contributed by atoms with Crippen molar-refractivity contribution in [2.45, 2.75) is 63.8 Å². The van der Waals surface area contributed by atoms with Crippen molar-refractivity contribution < 1.29 is 14.6 Å². The number of fused-ring (bicyclic) bond motifs is 2. The van der Waals surface area contributed by atoms with Gasteiger partial charge in [0.15, 0.2) is 0 Å². The quantitative estimate of drug-likeness (QED) is 0.572. The largest absolute Gasteiger partial charge is 0.495 e. The number of aliphatic hydroxyl groups is 1. The van der Waals surface area contributed by atoms with Crippen LogP contribution < -0.4 is 9.47 Å². The number of hydrogen-bond donors (Lipinski definition) is 1. The lowest BCUT2D eigenvalue weighted by Crippen LogP contribution is -2.49. The minimum absolute atomic E-state index is 0.363. The number of halogens is 1. The zero-order chi connectivity index (χ0) is 22.2. The normalized spacial score (nSPS) is 25.5. The standard InChI is InChI=1S/C26H32ClNO3/c1-5-12-31-24-11-6-19(17(2)18(24)3)16-28-21-8-9-22(28)15-26(29,14-21)20-7-10-23(27)25(13-20)30-4/h5-7,10-11,13,21-22,29H,1,8-9,12,14-16H2,2-4H3. The van der Waals surface area contributed by atoms with Crippen molar-refractivity contribution in [2.24, 2.45) is 0 Å². The lowest BCUT2D eigenvalue weighted by Gasteiger charge is -2.44. The average molecular weight is 442 g/mol. The van der Waals surface area contributed by atoms with E-state index in [2.05, 4.69) is 37.5 Å². The van der Waals surface area contributed by atoms with Crippen LogP contribution in [0.1, 0.15) is 47.9 Å². The van der Waals surface area contributed by atoms with Crippen molar-refractivity contribution in [3.63, 3.8) is 0 Å². The van der Waals surface area contributed by atoms with E-state index < -0.39 is 5.60 Å². The van der Waals surface area contributed by atoms with Crippen LogP contribution in [0.5, 0.6) is 11.5 Å². The van der Waals surface area contributed by atoms with Crippen LogP contribution in [0.3, 0.4) is 0 Å². The maximum Gasteiger partial charge on any atom is 0.137 e. The topological polar surface area (TPSA) is 41.9 Å². The average Bonchev–Trinajstić information content (AvgIpc) is 3.00. The van der Waals surface area contributed by atoms with Gasteiger partial charge in [-0.1, -0.05) is 36.4 Å². The Labute approximate surface area is 190 Å². The van der Waals surface area contributed by atoms with Crippen LogP contribution in [0, 0.1) is 13.8 Å². The van der Waals surface area contributed by atoms with E-state index in [1.54, 1.807) is 13.2 Å². The summed E-state index contributed by atoms with van der Waals surface area (Å²) in [5, 5.41) is 12.2. The molecule has 0 radical (unpaired) electrons. The molecule has 2 aliphatic heterocycles. The molecule has 166 valence electrons. The van der Waals surface area contributed by atoms with E-state index in [9.17, 15) is 5.11 Å². The van der Waals surface area contributed by atoms with Crippen LogP contribution in [0.4, 0.5) is 0 Å². The number of hydrogen-bond acceptors (Lipinski definition) is 4. The zero-order valence-electron chi connectivity index (χ0n) is 18.7. The maximum absolute atomic E-state index is 11.6. The highest BCUT2D eigenvalue weighted by atomic mass is 35.5. The van der Waals surface area contributed by atoms with E-state index in [1.807, 2.05) is 18.2 Å². The molecular formula is C26H32ClNO3. The van der Waals surface area contributed by atoms with Gasteiger partial charge in [-0.3, -0.25) is 4.90 Å². The molecular weight excluding hydrogens is 410 g/mol. The monoisotopic (exact) mass is 441 g/mol. The van der Waals surface area contributed by atoms with E-state index >= 15 is 0 Å². The van der Waals surface area contributed by atoms with Crippen LogP contribution in [0.25, 0.3) is 0 Å². The number of piperidine rings is 1. The first-order valence-electron chi connectivity index (χ1n) is 11.0. The SMILES string of the molecule is C=CCOc1ccc(CN2C3CCC2CC(O)(c2ccc(Cl)c(OC)c2)C3)c(C)c1C. The van der Waals surface area contributed by atoms with Gasteiger partial charge < -0.3 is 14.6 Å². The molecule has 1 N–H and O–H groups in total. The minimum atomic E-state index is -0.840. The van der Waals surface area contributed by atoms with Gasteiger partial charge in [-0.15, -0.1) is 0 Å². The molecule has 0 saturated carbocycles. The van der Waals surface area contributed by atoms with E-state index in [4.69, 9.17) is 21.1 Å². The second kappa shape index (κ2) is 8.85. The Morgan fingerprint density at radius 1 is 1.13 bits per heavy atom. The van der Waals surface area contributed by atoms with Crippen LogP contribution in [0.2, 0.25) is 5.02 Å². The van der Waals surface area contributed by atoms with Crippen molar-refractivity contribution in [2.75, 3.05) is 13.7 Å². The summed E-state index contributed by atoms with van der Waals surface area (Å²) in [6, 6.07) is 10.6. The number of nitrogens with zero attached hydrogens (tertiary/aromatic N) is 1. The molecule has 2 saturated heterocycles. The molecule has 0 amide bonds. The summed E-state index contributed by atoms with van der Waals surface area (Å²) in [6.07, 6.45) is 5.47. The van der Waals surface area contributed by atoms with Gasteiger partial charge in [0.25, 0.3) is 0 Å². The lowest BCUT2D eigenvalue weighted by atomic mass is 9.80. The van der Waals surface area contributed by atoms with E-state index in [-0.39, 0.29) is 0 Å². The summed E-state index contributed by atoms with van der Waals surface area (Å²) in [5.74, 6) is 1.54. The Morgan fingerprint density at radius 3 is 2.48 bits per heavy atom.